The van der Waals surface area contributed by atoms with Crippen LogP contribution in [0.3, 0.4) is 0 Å². The van der Waals surface area contributed by atoms with E-state index in [-0.39, 0.29) is 5.97 Å². The van der Waals surface area contributed by atoms with Crippen LogP contribution < -0.4 is 0 Å². The molecule has 0 N–H and O–H groups in total. The minimum atomic E-state index is -0.0671. The van der Waals surface area contributed by atoms with Crippen LogP contribution >= 0.6 is 0 Å². The lowest BCUT2D eigenvalue weighted by molar-refractivity contribution is -0.144. The monoisotopic (exact) mass is 600 g/mol. The lowest BCUT2D eigenvalue weighted by Crippen LogP contribution is -2.32. The summed E-state index contributed by atoms with van der Waals surface area (Å²) < 4.78 is 5.24. The zero-order valence-corrected chi connectivity index (χ0v) is 29.2. The summed E-state index contributed by atoms with van der Waals surface area (Å²) in [5.74, 6) is -0.0671. The van der Waals surface area contributed by atoms with Crippen LogP contribution in [-0.2, 0) is 9.53 Å². The molecular weight excluding hydrogens is 526 g/mol. The van der Waals surface area contributed by atoms with E-state index < -0.39 is 0 Å². The fourth-order valence-corrected chi connectivity index (χ4v) is 5.31. The Balaban J connectivity index is 3.81. The molecule has 250 valence electrons. The predicted molar refractivity (Wildman–Crippen MR) is 192 cm³/mol. The molecule has 0 radical (unpaired) electrons. The molecule has 0 aliphatic heterocycles. The van der Waals surface area contributed by atoms with E-state index in [4.69, 9.17) is 4.74 Å². The molecule has 0 unspecified atom stereocenters. The van der Waals surface area contributed by atoms with Crippen molar-refractivity contribution < 1.29 is 9.53 Å². The molecular formula is C40H73NO2. The van der Waals surface area contributed by atoms with E-state index in [1.165, 1.54) is 141 Å². The molecule has 0 aliphatic rings. The van der Waals surface area contributed by atoms with E-state index in [0.717, 1.165) is 25.9 Å². The van der Waals surface area contributed by atoms with Crippen molar-refractivity contribution in [3.05, 3.63) is 48.6 Å². The van der Waals surface area contributed by atoms with E-state index in [1.807, 2.05) is 6.92 Å². The molecule has 0 amide bonds. The second kappa shape index (κ2) is 36.6. The van der Waals surface area contributed by atoms with Gasteiger partial charge in [-0.2, -0.15) is 0 Å². The Kier molecular flexibility index (Phi) is 35.2. The summed E-state index contributed by atoms with van der Waals surface area (Å²) in [5, 5.41) is 0. The van der Waals surface area contributed by atoms with E-state index in [1.54, 1.807) is 0 Å². The van der Waals surface area contributed by atoms with Gasteiger partial charge in [0, 0.05) is 0 Å². The topological polar surface area (TPSA) is 29.5 Å². The number of carbonyl (C=O) groups excluding carboxylic acids is 1. The van der Waals surface area contributed by atoms with Crippen LogP contribution in [0.25, 0.3) is 0 Å². The molecule has 0 spiro atoms. The average molecular weight is 600 g/mol. The van der Waals surface area contributed by atoms with Crippen molar-refractivity contribution in [3.8, 4) is 0 Å². The first-order valence-corrected chi connectivity index (χ1v) is 18.7. The highest BCUT2D eigenvalue weighted by Gasteiger charge is 2.11. The summed E-state index contributed by atoms with van der Waals surface area (Å²) in [4.78, 5) is 14.5. The molecule has 0 bridgehead atoms. The number of allylic oxidation sites excluding steroid dienone is 8. The van der Waals surface area contributed by atoms with Gasteiger partial charge in [-0.1, -0.05) is 140 Å². The highest BCUT2D eigenvalue weighted by atomic mass is 16.5. The summed E-state index contributed by atoms with van der Waals surface area (Å²) in [6, 6.07) is 0. The number of rotatable bonds is 33. The predicted octanol–water partition coefficient (Wildman–Crippen LogP) is 12.5. The summed E-state index contributed by atoms with van der Waals surface area (Å²) in [6.07, 6.45) is 49.2. The molecule has 0 rings (SSSR count). The number of unbranched alkanes of at least 4 members (excludes halogenated alkanes) is 18. The van der Waals surface area contributed by atoms with Gasteiger partial charge < -0.3 is 4.74 Å². The molecule has 3 nitrogen and oxygen atoms in total. The van der Waals surface area contributed by atoms with Gasteiger partial charge in [0.25, 0.3) is 0 Å². The third kappa shape index (κ3) is 34.7. The van der Waals surface area contributed by atoms with Crippen LogP contribution in [0.1, 0.15) is 175 Å². The molecule has 43 heavy (non-hydrogen) atoms. The Morgan fingerprint density at radius 3 is 1.19 bits per heavy atom. The third-order valence-electron chi connectivity index (χ3n) is 8.01. The summed E-state index contributed by atoms with van der Waals surface area (Å²) in [5.41, 5.74) is 0. The van der Waals surface area contributed by atoms with Crippen LogP contribution in [0.2, 0.25) is 0 Å². The lowest BCUT2D eigenvalue weighted by atomic mass is 10.1. The highest BCUT2D eigenvalue weighted by molar-refractivity contribution is 5.71. The fourth-order valence-electron chi connectivity index (χ4n) is 5.31. The molecule has 0 heterocycles. The molecule has 0 aromatic heterocycles. The van der Waals surface area contributed by atoms with Gasteiger partial charge in [0.05, 0.1) is 13.2 Å². The number of esters is 1. The Bertz CT molecular complexity index is 630. The van der Waals surface area contributed by atoms with Crippen LogP contribution in [0.4, 0.5) is 0 Å². The second-order valence-corrected chi connectivity index (χ2v) is 12.2. The van der Waals surface area contributed by atoms with Crippen LogP contribution in [-0.4, -0.2) is 37.1 Å². The molecule has 0 aromatic rings. The number of nitrogens with zero attached hydrogens (tertiary/aromatic N) is 1. The fraction of sp³-hybridized carbons (Fsp3) is 0.775. The van der Waals surface area contributed by atoms with E-state index in [0.29, 0.717) is 13.2 Å². The van der Waals surface area contributed by atoms with E-state index in [9.17, 15) is 4.79 Å². The third-order valence-corrected chi connectivity index (χ3v) is 8.01. The van der Waals surface area contributed by atoms with Crippen molar-refractivity contribution >= 4 is 5.97 Å². The van der Waals surface area contributed by atoms with Crippen molar-refractivity contribution in [1.29, 1.82) is 0 Å². The minimum Gasteiger partial charge on any atom is -0.465 e. The molecule has 0 saturated heterocycles. The van der Waals surface area contributed by atoms with Crippen LogP contribution in [0.15, 0.2) is 48.6 Å². The molecule has 0 saturated carbocycles. The van der Waals surface area contributed by atoms with E-state index >= 15 is 0 Å². The van der Waals surface area contributed by atoms with Crippen LogP contribution in [0, 0.1) is 0 Å². The van der Waals surface area contributed by atoms with Gasteiger partial charge >= 0.3 is 5.97 Å². The average Bonchev–Trinajstić information content (AvgIpc) is 3.00. The number of carbonyl (C=O) groups is 1. The quantitative estimate of drug-likeness (QED) is 0.0427. The Hall–Kier alpha value is -1.61. The van der Waals surface area contributed by atoms with Gasteiger partial charge in [0.2, 0.25) is 0 Å². The van der Waals surface area contributed by atoms with Gasteiger partial charge in [-0.05, 0) is 97.1 Å². The number of hydrogen-bond acceptors (Lipinski definition) is 3. The van der Waals surface area contributed by atoms with Crippen molar-refractivity contribution in [3.63, 3.8) is 0 Å². The van der Waals surface area contributed by atoms with Gasteiger partial charge in [-0.15, -0.1) is 0 Å². The molecule has 0 fully saturated rings. The normalized spacial score (nSPS) is 12.3. The molecule has 0 aromatic carbocycles. The Morgan fingerprint density at radius 2 is 0.814 bits per heavy atom. The highest BCUT2D eigenvalue weighted by Crippen LogP contribution is 2.11. The first kappa shape index (κ1) is 41.4. The summed E-state index contributed by atoms with van der Waals surface area (Å²) >= 11 is 0. The van der Waals surface area contributed by atoms with Crippen molar-refractivity contribution in [2.45, 2.75) is 175 Å². The maximum absolute atomic E-state index is 12.1. The largest absolute Gasteiger partial charge is 0.465 e. The van der Waals surface area contributed by atoms with Gasteiger partial charge in [-0.25, -0.2) is 0 Å². The lowest BCUT2D eigenvalue weighted by Gasteiger charge is -2.21. The first-order valence-electron chi connectivity index (χ1n) is 18.7. The van der Waals surface area contributed by atoms with Crippen molar-refractivity contribution in [1.82, 2.24) is 4.90 Å². The second-order valence-electron chi connectivity index (χ2n) is 12.2. The maximum atomic E-state index is 12.1. The standard InChI is InChI=1S/C40H73NO2/c1-4-7-9-11-13-15-17-19-21-23-25-27-29-31-33-35-37-41(39-40(42)43-6-3)38-36-34-32-30-28-26-24-22-20-18-16-14-12-10-8-5-2/h13-16,19-22H,4-12,17-18,23-39H2,1-3H3. The van der Waals surface area contributed by atoms with Gasteiger partial charge in [0.1, 0.15) is 0 Å². The first-order chi connectivity index (χ1) is 21.2. The zero-order valence-electron chi connectivity index (χ0n) is 29.2. The SMILES string of the molecule is CCCCCC=CCC=CCCCCCCCCN(CCCCCCCCC=CCC=CCCCCC)CC(=O)OCC. The zero-order chi connectivity index (χ0) is 31.3. The van der Waals surface area contributed by atoms with E-state index in [2.05, 4.69) is 67.4 Å². The summed E-state index contributed by atoms with van der Waals surface area (Å²) in [7, 11) is 0. The maximum Gasteiger partial charge on any atom is 0.320 e. The smallest absolute Gasteiger partial charge is 0.320 e. The number of ether oxygens (including phenoxy) is 1. The minimum absolute atomic E-state index is 0.0671. The summed E-state index contributed by atoms with van der Waals surface area (Å²) in [6.45, 7) is 9.39. The van der Waals surface area contributed by atoms with Gasteiger partial charge in [0.15, 0.2) is 0 Å². The van der Waals surface area contributed by atoms with Crippen LogP contribution in [0.5, 0.6) is 0 Å². The van der Waals surface area contributed by atoms with Crippen molar-refractivity contribution in [2.24, 2.45) is 0 Å². The number of hydrogen-bond donors (Lipinski definition) is 0. The van der Waals surface area contributed by atoms with Gasteiger partial charge in [-0.3, -0.25) is 9.69 Å². The molecule has 3 heteroatoms. The molecule has 0 aliphatic carbocycles. The van der Waals surface area contributed by atoms with Crippen molar-refractivity contribution in [2.75, 3.05) is 26.2 Å². The Labute approximate surface area is 269 Å². The Morgan fingerprint density at radius 1 is 0.465 bits per heavy atom. The molecule has 0 atom stereocenters.